The van der Waals surface area contributed by atoms with Crippen LogP contribution in [0.4, 0.5) is 4.79 Å². The van der Waals surface area contributed by atoms with Crippen LogP contribution >= 0.6 is 0 Å². The number of hydrogen-bond donors (Lipinski definition) is 3. The maximum Gasteiger partial charge on any atom is 0.407 e. The molecule has 0 atom stereocenters. The van der Waals surface area contributed by atoms with Gasteiger partial charge < -0.3 is 25.8 Å². The summed E-state index contributed by atoms with van der Waals surface area (Å²) in [5, 5.41) is 5.08. The Kier molecular flexibility index (Phi) is 6.01. The Morgan fingerprint density at radius 1 is 1.00 bits per heavy atom. The first-order chi connectivity index (χ1) is 14.6. The van der Waals surface area contributed by atoms with Crippen molar-refractivity contribution in [2.75, 3.05) is 26.5 Å². The third-order valence-corrected chi connectivity index (χ3v) is 5.85. The van der Waals surface area contributed by atoms with Gasteiger partial charge in [0.15, 0.2) is 0 Å². The maximum absolute atomic E-state index is 12.1. The van der Waals surface area contributed by atoms with Crippen LogP contribution < -0.4 is 16.4 Å². The van der Waals surface area contributed by atoms with Crippen LogP contribution in [0.25, 0.3) is 11.1 Å². The first-order valence-electron chi connectivity index (χ1n) is 10.3. The highest BCUT2D eigenvalue weighted by molar-refractivity contribution is 5.82. The van der Waals surface area contributed by atoms with E-state index in [1.165, 1.54) is 11.1 Å². The standard InChI is InChI=1S/C23H27N3O4/c24-23(10-5-11-23)14-29-15-26-21(27)12-25-22(28)30-13-20-18-8-3-1-6-16(18)17-7-2-4-9-19(17)20/h1-4,6-9,20H,5,10-15,24H2,(H,25,28)(H,26,27). The summed E-state index contributed by atoms with van der Waals surface area (Å²) in [6.45, 7) is 0.536. The minimum Gasteiger partial charge on any atom is -0.449 e. The average molecular weight is 409 g/mol. The molecule has 0 aromatic heterocycles. The van der Waals surface area contributed by atoms with Crippen LogP contribution in [0, 0.1) is 0 Å². The maximum atomic E-state index is 12.1. The van der Waals surface area contributed by atoms with Crippen molar-refractivity contribution in [1.82, 2.24) is 10.6 Å². The summed E-state index contributed by atoms with van der Waals surface area (Å²) in [7, 11) is 0. The zero-order chi connectivity index (χ0) is 21.0. The summed E-state index contributed by atoms with van der Waals surface area (Å²) in [6.07, 6.45) is 2.40. The third-order valence-electron chi connectivity index (χ3n) is 5.85. The van der Waals surface area contributed by atoms with Crippen molar-refractivity contribution in [3.8, 4) is 11.1 Å². The summed E-state index contributed by atoms with van der Waals surface area (Å²) < 4.78 is 10.8. The fourth-order valence-electron chi connectivity index (χ4n) is 4.03. The molecule has 1 saturated carbocycles. The van der Waals surface area contributed by atoms with E-state index in [0.717, 1.165) is 30.4 Å². The quantitative estimate of drug-likeness (QED) is 0.459. The van der Waals surface area contributed by atoms with Gasteiger partial charge in [-0.25, -0.2) is 4.79 Å². The Balaban J connectivity index is 1.20. The van der Waals surface area contributed by atoms with Gasteiger partial charge in [-0.1, -0.05) is 48.5 Å². The molecule has 4 rings (SSSR count). The van der Waals surface area contributed by atoms with Crippen molar-refractivity contribution < 1.29 is 19.1 Å². The highest BCUT2D eigenvalue weighted by Crippen LogP contribution is 2.44. The predicted octanol–water partition coefficient (Wildman–Crippen LogP) is 2.50. The molecule has 2 aromatic carbocycles. The molecule has 0 aliphatic heterocycles. The molecule has 7 nitrogen and oxygen atoms in total. The number of carbonyl (C=O) groups excluding carboxylic acids is 2. The Morgan fingerprint density at radius 2 is 1.63 bits per heavy atom. The number of nitrogens with one attached hydrogen (secondary N) is 2. The van der Waals surface area contributed by atoms with Gasteiger partial charge in [0.25, 0.3) is 0 Å². The van der Waals surface area contributed by atoms with Gasteiger partial charge in [-0.2, -0.15) is 0 Å². The second kappa shape index (κ2) is 8.85. The Labute approximate surface area is 175 Å². The van der Waals surface area contributed by atoms with Crippen molar-refractivity contribution in [2.24, 2.45) is 5.73 Å². The number of ether oxygens (including phenoxy) is 2. The second-order valence-electron chi connectivity index (χ2n) is 7.99. The Bertz CT molecular complexity index is 881. The number of nitrogens with two attached hydrogens (primary N) is 1. The van der Waals surface area contributed by atoms with Gasteiger partial charge in [0.1, 0.15) is 19.9 Å². The molecule has 2 aliphatic carbocycles. The number of alkyl carbamates (subject to hydrolysis) is 1. The summed E-state index contributed by atoms with van der Waals surface area (Å²) >= 11 is 0. The molecule has 0 saturated heterocycles. The SMILES string of the molecule is NC1(COCNC(=O)CNC(=O)OCC2c3ccccc3-c3ccccc32)CCC1. The highest BCUT2D eigenvalue weighted by Gasteiger charge is 2.32. The molecular weight excluding hydrogens is 382 g/mol. The lowest BCUT2D eigenvalue weighted by atomic mass is 9.78. The number of hydrogen-bond acceptors (Lipinski definition) is 5. The second-order valence-corrected chi connectivity index (χ2v) is 7.99. The molecule has 2 aliphatic rings. The number of rotatable bonds is 8. The van der Waals surface area contributed by atoms with E-state index >= 15 is 0 Å². The Morgan fingerprint density at radius 3 is 2.23 bits per heavy atom. The van der Waals surface area contributed by atoms with E-state index < -0.39 is 6.09 Å². The smallest absolute Gasteiger partial charge is 0.407 e. The summed E-state index contributed by atoms with van der Waals surface area (Å²) in [5.74, 6) is -0.358. The molecule has 7 heteroatoms. The predicted molar refractivity (Wildman–Crippen MR) is 113 cm³/mol. The van der Waals surface area contributed by atoms with Gasteiger partial charge >= 0.3 is 6.09 Å². The van der Waals surface area contributed by atoms with E-state index in [1.54, 1.807) is 0 Å². The van der Waals surface area contributed by atoms with Gasteiger partial charge in [-0.05, 0) is 41.5 Å². The van der Waals surface area contributed by atoms with Crippen molar-refractivity contribution in [1.29, 1.82) is 0 Å². The summed E-state index contributed by atoms with van der Waals surface area (Å²) in [6, 6.07) is 16.3. The van der Waals surface area contributed by atoms with E-state index in [-0.39, 0.29) is 37.2 Å². The first-order valence-corrected chi connectivity index (χ1v) is 10.3. The van der Waals surface area contributed by atoms with Crippen molar-refractivity contribution in [3.63, 3.8) is 0 Å². The Hall–Kier alpha value is -2.90. The lowest BCUT2D eigenvalue weighted by Gasteiger charge is -2.37. The first kappa shape index (κ1) is 20.4. The molecule has 2 amide bonds. The molecule has 0 spiro atoms. The minimum absolute atomic E-state index is 0.0135. The van der Waals surface area contributed by atoms with Gasteiger partial charge in [-0.3, -0.25) is 4.79 Å². The van der Waals surface area contributed by atoms with Gasteiger partial charge in [0, 0.05) is 11.5 Å². The monoisotopic (exact) mass is 409 g/mol. The largest absolute Gasteiger partial charge is 0.449 e. The number of amides is 2. The lowest BCUT2D eigenvalue weighted by Crippen LogP contribution is -2.51. The average Bonchev–Trinajstić information content (AvgIpc) is 3.06. The molecule has 4 N–H and O–H groups in total. The van der Waals surface area contributed by atoms with Crippen LogP contribution in [0.1, 0.15) is 36.3 Å². The van der Waals surface area contributed by atoms with Crippen LogP contribution in [-0.4, -0.2) is 44.0 Å². The van der Waals surface area contributed by atoms with Crippen LogP contribution in [-0.2, 0) is 14.3 Å². The molecule has 0 heterocycles. The zero-order valence-corrected chi connectivity index (χ0v) is 16.9. The fraction of sp³-hybridized carbons (Fsp3) is 0.391. The normalized spacial score (nSPS) is 16.2. The van der Waals surface area contributed by atoms with Gasteiger partial charge in [-0.15, -0.1) is 0 Å². The van der Waals surface area contributed by atoms with Crippen molar-refractivity contribution in [2.45, 2.75) is 30.7 Å². The summed E-state index contributed by atoms with van der Waals surface area (Å²) in [5.41, 5.74) is 10.4. The molecule has 158 valence electrons. The minimum atomic E-state index is -0.622. The molecule has 0 bridgehead atoms. The number of fused-ring (bicyclic) bond motifs is 3. The molecule has 0 unspecified atom stereocenters. The van der Waals surface area contributed by atoms with Gasteiger partial charge in [0.05, 0.1) is 6.61 Å². The van der Waals surface area contributed by atoms with E-state index in [0.29, 0.717) is 6.61 Å². The van der Waals surface area contributed by atoms with Crippen molar-refractivity contribution >= 4 is 12.0 Å². The van der Waals surface area contributed by atoms with E-state index in [9.17, 15) is 9.59 Å². The molecular formula is C23H27N3O4. The third kappa shape index (κ3) is 4.47. The molecule has 30 heavy (non-hydrogen) atoms. The number of benzene rings is 2. The molecule has 1 fully saturated rings. The van der Waals surface area contributed by atoms with E-state index in [2.05, 4.69) is 34.9 Å². The highest BCUT2D eigenvalue weighted by atomic mass is 16.5. The van der Waals surface area contributed by atoms with Crippen LogP contribution in [0.3, 0.4) is 0 Å². The van der Waals surface area contributed by atoms with E-state index in [1.807, 2.05) is 24.3 Å². The summed E-state index contributed by atoms with van der Waals surface area (Å²) in [4.78, 5) is 23.9. The van der Waals surface area contributed by atoms with Crippen LogP contribution in [0.5, 0.6) is 0 Å². The van der Waals surface area contributed by atoms with Crippen LogP contribution in [0.2, 0.25) is 0 Å². The van der Waals surface area contributed by atoms with Gasteiger partial charge in [0.2, 0.25) is 5.91 Å². The molecule has 2 aromatic rings. The lowest BCUT2D eigenvalue weighted by molar-refractivity contribution is -0.122. The number of carbonyl (C=O) groups is 2. The van der Waals surface area contributed by atoms with E-state index in [4.69, 9.17) is 15.2 Å². The van der Waals surface area contributed by atoms with Crippen molar-refractivity contribution in [3.05, 3.63) is 59.7 Å². The topological polar surface area (TPSA) is 103 Å². The zero-order valence-electron chi connectivity index (χ0n) is 16.9. The molecule has 0 radical (unpaired) electrons. The van der Waals surface area contributed by atoms with Crippen LogP contribution in [0.15, 0.2) is 48.5 Å². The fourth-order valence-corrected chi connectivity index (χ4v) is 4.03.